The first kappa shape index (κ1) is 18.7. The number of ether oxygens (including phenoxy) is 1. The molecule has 1 aromatic heterocycles. The average molecular weight is 335 g/mol. The van der Waals surface area contributed by atoms with Crippen molar-refractivity contribution in [1.29, 1.82) is 0 Å². The Morgan fingerprint density at radius 1 is 1.17 bits per heavy atom. The summed E-state index contributed by atoms with van der Waals surface area (Å²) in [5.41, 5.74) is 2.98. The molecule has 1 aliphatic heterocycles. The molecule has 0 spiro atoms. The molecule has 6 nitrogen and oxygen atoms in total. The molecule has 0 aromatic carbocycles. The van der Waals surface area contributed by atoms with E-state index in [1.165, 1.54) is 0 Å². The van der Waals surface area contributed by atoms with Crippen molar-refractivity contribution in [3.05, 3.63) is 23.0 Å². The number of aryl methyl sites for hydroxylation is 1. The second-order valence-corrected chi connectivity index (χ2v) is 6.49. The van der Waals surface area contributed by atoms with E-state index >= 15 is 0 Å². The van der Waals surface area contributed by atoms with Crippen molar-refractivity contribution in [3.63, 3.8) is 0 Å². The molecule has 0 aliphatic carbocycles. The number of ketones is 1. The van der Waals surface area contributed by atoms with E-state index in [0.717, 1.165) is 49.6 Å². The van der Waals surface area contributed by atoms with Gasteiger partial charge in [0.1, 0.15) is 0 Å². The lowest BCUT2D eigenvalue weighted by Crippen LogP contribution is -2.49. The van der Waals surface area contributed by atoms with Crippen molar-refractivity contribution in [1.82, 2.24) is 14.4 Å². The number of nitrogens with zero attached hydrogens (tertiary/aromatic N) is 3. The van der Waals surface area contributed by atoms with Crippen LogP contribution in [0.4, 0.5) is 0 Å². The van der Waals surface area contributed by atoms with Gasteiger partial charge in [-0.15, -0.1) is 0 Å². The number of Topliss-reactive ketones (excluding diaryl/α,β-unsaturated/α-hetero) is 1. The third-order valence-corrected chi connectivity index (χ3v) is 4.79. The van der Waals surface area contributed by atoms with Gasteiger partial charge in [0.2, 0.25) is 5.91 Å². The molecule has 6 heteroatoms. The number of hydrogen-bond donors (Lipinski definition) is 0. The maximum atomic E-state index is 12.7. The zero-order valence-corrected chi connectivity index (χ0v) is 15.3. The number of carbonyl (C=O) groups excluding carboxylic acids is 2. The maximum Gasteiger partial charge on any atom is 0.219 e. The summed E-state index contributed by atoms with van der Waals surface area (Å²) in [6, 6.07) is 2.00. The molecule has 1 saturated heterocycles. The highest BCUT2D eigenvalue weighted by molar-refractivity contribution is 5.99. The van der Waals surface area contributed by atoms with Crippen LogP contribution in [0.1, 0.15) is 35.1 Å². The Bertz CT molecular complexity index is 587. The van der Waals surface area contributed by atoms with Crippen LogP contribution in [0, 0.1) is 13.8 Å². The molecule has 2 rings (SSSR count). The van der Waals surface area contributed by atoms with Gasteiger partial charge in [-0.05, 0) is 26.3 Å². The van der Waals surface area contributed by atoms with Gasteiger partial charge in [0, 0.05) is 70.3 Å². The topological polar surface area (TPSA) is 54.8 Å². The molecule has 24 heavy (non-hydrogen) atoms. The number of rotatable bonds is 7. The maximum absolute atomic E-state index is 12.7. The number of aromatic nitrogens is 1. The first-order chi connectivity index (χ1) is 11.4. The second-order valence-electron chi connectivity index (χ2n) is 6.49. The van der Waals surface area contributed by atoms with E-state index in [1.54, 1.807) is 14.0 Å². The van der Waals surface area contributed by atoms with Crippen LogP contribution in [0.15, 0.2) is 6.07 Å². The predicted octanol–water partition coefficient (Wildman–Crippen LogP) is 1.49. The molecule has 0 N–H and O–H groups in total. The minimum Gasteiger partial charge on any atom is -0.385 e. The van der Waals surface area contributed by atoms with Crippen LogP contribution in [-0.4, -0.2) is 72.5 Å². The molecule has 0 unspecified atom stereocenters. The number of amides is 1. The van der Waals surface area contributed by atoms with Crippen LogP contribution in [0.5, 0.6) is 0 Å². The third kappa shape index (κ3) is 4.45. The van der Waals surface area contributed by atoms with Crippen LogP contribution < -0.4 is 0 Å². The fourth-order valence-corrected chi connectivity index (χ4v) is 3.30. The quantitative estimate of drug-likeness (QED) is 0.560. The first-order valence-corrected chi connectivity index (χ1v) is 8.60. The van der Waals surface area contributed by atoms with Crippen LogP contribution in [0.3, 0.4) is 0 Å². The summed E-state index contributed by atoms with van der Waals surface area (Å²) in [5, 5.41) is 0. The van der Waals surface area contributed by atoms with Crippen LogP contribution in [0.25, 0.3) is 0 Å². The van der Waals surface area contributed by atoms with Crippen LogP contribution >= 0.6 is 0 Å². The van der Waals surface area contributed by atoms with E-state index < -0.39 is 0 Å². The highest BCUT2D eigenvalue weighted by Crippen LogP contribution is 2.17. The van der Waals surface area contributed by atoms with Gasteiger partial charge in [-0.3, -0.25) is 14.5 Å². The fourth-order valence-electron chi connectivity index (χ4n) is 3.30. The molecular weight excluding hydrogens is 306 g/mol. The van der Waals surface area contributed by atoms with Gasteiger partial charge in [-0.1, -0.05) is 0 Å². The lowest BCUT2D eigenvalue weighted by Gasteiger charge is -2.33. The Morgan fingerprint density at radius 3 is 2.42 bits per heavy atom. The summed E-state index contributed by atoms with van der Waals surface area (Å²) in [6.07, 6.45) is 0.938. The van der Waals surface area contributed by atoms with Crippen molar-refractivity contribution in [2.24, 2.45) is 0 Å². The minimum atomic E-state index is 0.112. The predicted molar refractivity (Wildman–Crippen MR) is 93.4 cm³/mol. The van der Waals surface area contributed by atoms with Crippen molar-refractivity contribution in [2.45, 2.75) is 33.7 Å². The molecule has 0 saturated carbocycles. The molecule has 1 aromatic rings. The average Bonchev–Trinajstić information content (AvgIpc) is 2.83. The van der Waals surface area contributed by atoms with Gasteiger partial charge < -0.3 is 14.2 Å². The van der Waals surface area contributed by atoms with Crippen molar-refractivity contribution in [2.75, 3.05) is 46.4 Å². The first-order valence-electron chi connectivity index (χ1n) is 8.60. The lowest BCUT2D eigenvalue weighted by atomic mass is 10.1. The largest absolute Gasteiger partial charge is 0.385 e. The number of hydrogen-bond acceptors (Lipinski definition) is 4. The zero-order chi connectivity index (χ0) is 17.7. The second kappa shape index (κ2) is 8.44. The fraction of sp³-hybridized carbons (Fsp3) is 0.667. The van der Waals surface area contributed by atoms with E-state index in [2.05, 4.69) is 9.47 Å². The third-order valence-electron chi connectivity index (χ3n) is 4.79. The van der Waals surface area contributed by atoms with Crippen LogP contribution in [0.2, 0.25) is 0 Å². The molecule has 1 aliphatic rings. The summed E-state index contributed by atoms with van der Waals surface area (Å²) in [5.74, 6) is 0.276. The standard InChI is InChI=1S/C18H29N3O3/c1-14-12-17(15(2)21(14)6-5-11-24-4)18(23)13-19-7-9-20(10-8-19)16(3)22/h12H,5-11,13H2,1-4H3. The van der Waals surface area contributed by atoms with Crippen LogP contribution in [-0.2, 0) is 16.1 Å². The van der Waals surface area contributed by atoms with Crippen molar-refractivity contribution in [3.8, 4) is 0 Å². The monoisotopic (exact) mass is 335 g/mol. The number of methoxy groups -OCH3 is 1. The smallest absolute Gasteiger partial charge is 0.219 e. The van der Waals surface area contributed by atoms with E-state index in [4.69, 9.17) is 4.74 Å². The number of piperazine rings is 1. The highest BCUT2D eigenvalue weighted by Gasteiger charge is 2.22. The van der Waals surface area contributed by atoms with Gasteiger partial charge in [-0.2, -0.15) is 0 Å². The molecule has 134 valence electrons. The Morgan fingerprint density at radius 2 is 1.83 bits per heavy atom. The van der Waals surface area contributed by atoms with E-state index in [1.807, 2.05) is 24.8 Å². The summed E-state index contributed by atoms with van der Waals surface area (Å²) in [6.45, 7) is 10.6. The van der Waals surface area contributed by atoms with Gasteiger partial charge in [-0.25, -0.2) is 0 Å². The molecule has 1 fully saturated rings. The normalized spacial score (nSPS) is 15.8. The summed E-state index contributed by atoms with van der Waals surface area (Å²) < 4.78 is 7.30. The van der Waals surface area contributed by atoms with E-state index in [0.29, 0.717) is 19.6 Å². The Balaban J connectivity index is 1.95. The number of carbonyl (C=O) groups is 2. The van der Waals surface area contributed by atoms with Crippen molar-refractivity contribution >= 4 is 11.7 Å². The lowest BCUT2D eigenvalue weighted by molar-refractivity contribution is -0.130. The van der Waals surface area contributed by atoms with E-state index in [9.17, 15) is 9.59 Å². The van der Waals surface area contributed by atoms with Gasteiger partial charge in [0.25, 0.3) is 0 Å². The van der Waals surface area contributed by atoms with Gasteiger partial charge in [0.15, 0.2) is 5.78 Å². The minimum absolute atomic E-state index is 0.112. The summed E-state index contributed by atoms with van der Waals surface area (Å²) >= 11 is 0. The van der Waals surface area contributed by atoms with E-state index in [-0.39, 0.29) is 11.7 Å². The summed E-state index contributed by atoms with van der Waals surface area (Å²) in [4.78, 5) is 28.0. The van der Waals surface area contributed by atoms with Crippen molar-refractivity contribution < 1.29 is 14.3 Å². The molecule has 0 atom stereocenters. The Kier molecular flexibility index (Phi) is 6.57. The molecule has 2 heterocycles. The summed E-state index contributed by atoms with van der Waals surface area (Å²) in [7, 11) is 1.70. The van der Waals surface area contributed by atoms with Gasteiger partial charge in [0.05, 0.1) is 6.54 Å². The Labute approximate surface area is 144 Å². The SMILES string of the molecule is COCCCn1c(C)cc(C(=O)CN2CCN(C(C)=O)CC2)c1C. The highest BCUT2D eigenvalue weighted by atomic mass is 16.5. The molecular formula is C18H29N3O3. The molecule has 0 radical (unpaired) electrons. The zero-order valence-electron chi connectivity index (χ0n) is 15.3. The molecule has 1 amide bonds. The Hall–Kier alpha value is -1.66. The van der Waals surface area contributed by atoms with Gasteiger partial charge >= 0.3 is 0 Å². The molecule has 0 bridgehead atoms.